The predicted molar refractivity (Wildman–Crippen MR) is 118 cm³/mol. The van der Waals surface area contributed by atoms with Gasteiger partial charge in [-0.1, -0.05) is 17.7 Å². The van der Waals surface area contributed by atoms with Gasteiger partial charge in [0.05, 0.1) is 6.10 Å². The second-order valence-corrected chi connectivity index (χ2v) is 8.05. The van der Waals surface area contributed by atoms with Gasteiger partial charge in [-0.05, 0) is 44.4 Å². The summed E-state index contributed by atoms with van der Waals surface area (Å²) in [5.74, 6) is 1.00. The molecular formula is C21H34ClN5O. The van der Waals surface area contributed by atoms with Crippen molar-refractivity contribution in [1.29, 1.82) is 0 Å². The van der Waals surface area contributed by atoms with Gasteiger partial charge in [0.2, 0.25) is 0 Å². The Morgan fingerprint density at radius 1 is 1.18 bits per heavy atom. The average Bonchev–Trinajstić information content (AvgIpc) is 2.71. The molecule has 0 bridgehead atoms. The zero-order valence-corrected chi connectivity index (χ0v) is 17.7. The lowest BCUT2D eigenvalue weighted by Crippen LogP contribution is -2.47. The maximum absolute atomic E-state index is 9.70. The number of rotatable bonds is 6. The molecule has 0 atom stereocenters. The standard InChI is InChI=1S/C21H34ClN5O/c1-2-23-21(27-11-7-20(28)8-12-27)24-9-4-10-25-13-15-26(16-14-25)19-6-3-5-18(22)17-19/h3,5-6,17,20,28H,2,4,7-16H2,1H3,(H,23,24). The third-order valence-electron chi connectivity index (χ3n) is 5.54. The van der Waals surface area contributed by atoms with Crippen LogP contribution >= 0.6 is 11.6 Å². The largest absolute Gasteiger partial charge is 0.393 e. The van der Waals surface area contributed by atoms with Crippen LogP contribution in [0.3, 0.4) is 0 Å². The van der Waals surface area contributed by atoms with Crippen molar-refractivity contribution >= 4 is 23.2 Å². The van der Waals surface area contributed by atoms with E-state index < -0.39 is 0 Å². The summed E-state index contributed by atoms with van der Waals surface area (Å²) < 4.78 is 0. The third kappa shape index (κ3) is 6.26. The molecule has 7 heteroatoms. The van der Waals surface area contributed by atoms with Crippen molar-refractivity contribution < 1.29 is 5.11 Å². The van der Waals surface area contributed by atoms with E-state index >= 15 is 0 Å². The molecule has 2 saturated heterocycles. The van der Waals surface area contributed by atoms with Gasteiger partial charge >= 0.3 is 0 Å². The van der Waals surface area contributed by atoms with Gasteiger partial charge in [-0.15, -0.1) is 0 Å². The lowest BCUT2D eigenvalue weighted by Gasteiger charge is -2.36. The summed E-state index contributed by atoms with van der Waals surface area (Å²) in [6.07, 6.45) is 2.59. The highest BCUT2D eigenvalue weighted by Gasteiger charge is 2.20. The minimum Gasteiger partial charge on any atom is -0.393 e. The van der Waals surface area contributed by atoms with E-state index in [0.717, 1.165) is 89.1 Å². The molecule has 28 heavy (non-hydrogen) atoms. The third-order valence-corrected chi connectivity index (χ3v) is 5.77. The fourth-order valence-corrected chi connectivity index (χ4v) is 4.07. The van der Waals surface area contributed by atoms with Crippen LogP contribution in [0.2, 0.25) is 5.02 Å². The van der Waals surface area contributed by atoms with Gasteiger partial charge in [0, 0.05) is 69.6 Å². The van der Waals surface area contributed by atoms with Crippen molar-refractivity contribution in [2.75, 3.05) is 63.8 Å². The van der Waals surface area contributed by atoms with Crippen molar-refractivity contribution in [3.8, 4) is 0 Å². The topological polar surface area (TPSA) is 54.3 Å². The van der Waals surface area contributed by atoms with E-state index in [0.29, 0.717) is 0 Å². The van der Waals surface area contributed by atoms with Crippen LogP contribution in [0.25, 0.3) is 0 Å². The molecule has 2 aliphatic rings. The second-order valence-electron chi connectivity index (χ2n) is 7.62. The van der Waals surface area contributed by atoms with E-state index in [1.165, 1.54) is 5.69 Å². The normalized spacial score (nSPS) is 19.9. The number of piperazine rings is 1. The fourth-order valence-electron chi connectivity index (χ4n) is 3.89. The molecule has 3 rings (SSSR count). The van der Waals surface area contributed by atoms with Crippen LogP contribution in [-0.4, -0.2) is 85.9 Å². The minimum absolute atomic E-state index is 0.148. The van der Waals surface area contributed by atoms with Gasteiger partial charge in [-0.3, -0.25) is 9.89 Å². The van der Waals surface area contributed by atoms with Gasteiger partial charge in [0.15, 0.2) is 5.96 Å². The number of aliphatic hydroxyl groups is 1. The molecular weight excluding hydrogens is 374 g/mol. The Morgan fingerprint density at radius 2 is 1.93 bits per heavy atom. The van der Waals surface area contributed by atoms with E-state index in [4.69, 9.17) is 16.6 Å². The van der Waals surface area contributed by atoms with Crippen LogP contribution < -0.4 is 10.2 Å². The summed E-state index contributed by atoms with van der Waals surface area (Å²) in [5.41, 5.74) is 1.22. The summed E-state index contributed by atoms with van der Waals surface area (Å²) in [5, 5.41) is 13.9. The highest BCUT2D eigenvalue weighted by molar-refractivity contribution is 6.30. The van der Waals surface area contributed by atoms with Crippen LogP contribution in [0, 0.1) is 0 Å². The number of piperidine rings is 1. The number of benzene rings is 1. The molecule has 0 radical (unpaired) electrons. The summed E-state index contributed by atoms with van der Waals surface area (Å²) in [7, 11) is 0. The Hall–Kier alpha value is -1.50. The zero-order chi connectivity index (χ0) is 19.8. The number of guanidine groups is 1. The number of likely N-dealkylation sites (tertiary alicyclic amines) is 1. The Balaban J connectivity index is 1.39. The first-order valence-electron chi connectivity index (χ1n) is 10.6. The van der Waals surface area contributed by atoms with E-state index in [9.17, 15) is 5.11 Å². The van der Waals surface area contributed by atoms with E-state index in [1.54, 1.807) is 0 Å². The molecule has 0 saturated carbocycles. The molecule has 2 N–H and O–H groups in total. The summed E-state index contributed by atoms with van der Waals surface area (Å²) in [6.45, 7) is 10.9. The molecule has 0 aliphatic carbocycles. The van der Waals surface area contributed by atoms with Crippen LogP contribution in [0.15, 0.2) is 29.3 Å². The maximum atomic E-state index is 9.70. The lowest BCUT2D eigenvalue weighted by molar-refractivity contribution is 0.108. The van der Waals surface area contributed by atoms with Crippen LogP contribution in [-0.2, 0) is 0 Å². The van der Waals surface area contributed by atoms with Crippen molar-refractivity contribution in [2.45, 2.75) is 32.3 Å². The molecule has 1 aromatic rings. The first-order chi connectivity index (χ1) is 13.7. The smallest absolute Gasteiger partial charge is 0.193 e. The summed E-state index contributed by atoms with van der Waals surface area (Å²) in [6, 6.07) is 8.13. The number of anilines is 1. The Bertz CT molecular complexity index is 625. The molecule has 0 spiro atoms. The molecule has 156 valence electrons. The van der Waals surface area contributed by atoms with E-state index in [-0.39, 0.29) is 6.10 Å². The fraction of sp³-hybridized carbons (Fsp3) is 0.667. The van der Waals surface area contributed by atoms with Crippen molar-refractivity contribution in [3.63, 3.8) is 0 Å². The quantitative estimate of drug-likeness (QED) is 0.430. The number of halogens is 1. The van der Waals surface area contributed by atoms with Gasteiger partial charge < -0.3 is 20.2 Å². The summed E-state index contributed by atoms with van der Waals surface area (Å²) >= 11 is 6.12. The number of nitrogens with zero attached hydrogens (tertiary/aromatic N) is 4. The highest BCUT2D eigenvalue weighted by Crippen LogP contribution is 2.20. The van der Waals surface area contributed by atoms with Crippen LogP contribution in [0.5, 0.6) is 0 Å². The number of aliphatic hydroxyl groups excluding tert-OH is 1. The predicted octanol–water partition coefficient (Wildman–Crippen LogP) is 2.27. The molecule has 0 aromatic heterocycles. The first kappa shape index (κ1) is 21.2. The Labute approximate surface area is 174 Å². The Morgan fingerprint density at radius 3 is 2.61 bits per heavy atom. The molecule has 2 fully saturated rings. The molecule has 2 heterocycles. The number of hydrogen-bond donors (Lipinski definition) is 2. The van der Waals surface area contributed by atoms with Gasteiger partial charge in [0.25, 0.3) is 0 Å². The van der Waals surface area contributed by atoms with Gasteiger partial charge in [-0.25, -0.2) is 0 Å². The van der Waals surface area contributed by atoms with Gasteiger partial charge in [-0.2, -0.15) is 0 Å². The molecule has 1 aromatic carbocycles. The molecule has 0 amide bonds. The number of hydrogen-bond acceptors (Lipinski definition) is 4. The SMILES string of the molecule is CCNC(=NCCCN1CCN(c2cccc(Cl)c2)CC1)N1CCC(O)CC1. The number of nitrogens with one attached hydrogen (secondary N) is 1. The van der Waals surface area contributed by atoms with Crippen molar-refractivity contribution in [1.82, 2.24) is 15.1 Å². The first-order valence-corrected chi connectivity index (χ1v) is 11.0. The van der Waals surface area contributed by atoms with Crippen molar-refractivity contribution in [2.24, 2.45) is 4.99 Å². The maximum Gasteiger partial charge on any atom is 0.193 e. The lowest BCUT2D eigenvalue weighted by atomic mass is 10.1. The van der Waals surface area contributed by atoms with Crippen LogP contribution in [0.4, 0.5) is 5.69 Å². The molecule has 2 aliphatic heterocycles. The Kier molecular flexibility index (Phi) is 8.25. The van der Waals surface area contributed by atoms with Crippen molar-refractivity contribution in [3.05, 3.63) is 29.3 Å². The zero-order valence-electron chi connectivity index (χ0n) is 17.0. The summed E-state index contributed by atoms with van der Waals surface area (Å²) in [4.78, 5) is 12.0. The highest BCUT2D eigenvalue weighted by atomic mass is 35.5. The van der Waals surface area contributed by atoms with Gasteiger partial charge in [0.1, 0.15) is 0 Å². The average molecular weight is 408 g/mol. The molecule has 6 nitrogen and oxygen atoms in total. The van der Waals surface area contributed by atoms with E-state index in [2.05, 4.69) is 33.0 Å². The second kappa shape index (κ2) is 10.9. The van der Waals surface area contributed by atoms with Crippen LogP contribution in [0.1, 0.15) is 26.2 Å². The minimum atomic E-state index is -0.148. The number of aliphatic imine (C=N–C) groups is 1. The van der Waals surface area contributed by atoms with E-state index in [1.807, 2.05) is 18.2 Å². The monoisotopic (exact) mass is 407 g/mol. The molecule has 0 unspecified atom stereocenters.